The van der Waals surface area contributed by atoms with Gasteiger partial charge >= 0.3 is 0 Å². The second-order valence-corrected chi connectivity index (χ2v) is 8.46. The normalized spacial score (nSPS) is 27.1. The number of fused-ring (bicyclic) bond motifs is 5. The zero-order valence-corrected chi connectivity index (χ0v) is 16.9. The van der Waals surface area contributed by atoms with Gasteiger partial charge in [-0.25, -0.2) is 4.90 Å². The van der Waals surface area contributed by atoms with E-state index in [4.69, 9.17) is 23.2 Å². The third-order valence-electron chi connectivity index (χ3n) is 5.98. The van der Waals surface area contributed by atoms with Crippen molar-refractivity contribution in [3.63, 3.8) is 0 Å². The predicted octanol–water partition coefficient (Wildman–Crippen LogP) is 4.10. The van der Waals surface area contributed by atoms with Crippen LogP contribution in [0.4, 0.5) is 5.69 Å². The summed E-state index contributed by atoms with van der Waals surface area (Å²) in [4.78, 5) is 42.5. The van der Waals surface area contributed by atoms with E-state index >= 15 is 0 Å². The van der Waals surface area contributed by atoms with Crippen molar-refractivity contribution in [1.82, 2.24) is 4.90 Å². The number of halogens is 2. The van der Waals surface area contributed by atoms with Crippen LogP contribution in [-0.4, -0.2) is 28.5 Å². The maximum absolute atomic E-state index is 13.5. The van der Waals surface area contributed by atoms with E-state index in [1.807, 2.05) is 41.4 Å². The monoisotopic (exact) mass is 426 g/mol. The highest BCUT2D eigenvalue weighted by atomic mass is 35.5. The van der Waals surface area contributed by atoms with Crippen molar-refractivity contribution in [1.29, 1.82) is 0 Å². The Balaban J connectivity index is 1.66. The predicted molar refractivity (Wildman–Crippen MR) is 110 cm³/mol. The van der Waals surface area contributed by atoms with Crippen molar-refractivity contribution in [2.45, 2.75) is 19.0 Å². The highest BCUT2D eigenvalue weighted by molar-refractivity contribution is 6.35. The van der Waals surface area contributed by atoms with E-state index in [1.54, 1.807) is 18.2 Å². The van der Waals surface area contributed by atoms with Crippen LogP contribution in [0.3, 0.4) is 0 Å². The van der Waals surface area contributed by atoms with Gasteiger partial charge in [0.25, 0.3) is 0 Å². The molecule has 7 heteroatoms. The van der Waals surface area contributed by atoms with Gasteiger partial charge in [-0.05, 0) is 42.3 Å². The first-order chi connectivity index (χ1) is 13.9. The summed E-state index contributed by atoms with van der Waals surface area (Å²) in [6.07, 6.45) is 3.75. The van der Waals surface area contributed by atoms with Crippen LogP contribution >= 0.6 is 23.2 Å². The van der Waals surface area contributed by atoms with Gasteiger partial charge in [0.1, 0.15) is 0 Å². The number of benzene rings is 2. The molecule has 4 atom stereocenters. The van der Waals surface area contributed by atoms with Gasteiger partial charge in [-0.3, -0.25) is 14.4 Å². The molecule has 29 heavy (non-hydrogen) atoms. The minimum Gasteiger partial charge on any atom is -0.359 e. The lowest BCUT2D eigenvalue weighted by Gasteiger charge is -2.35. The third-order valence-corrected chi connectivity index (χ3v) is 6.42. The van der Waals surface area contributed by atoms with Crippen LogP contribution in [0.25, 0.3) is 6.08 Å². The van der Waals surface area contributed by atoms with E-state index < -0.39 is 17.9 Å². The van der Waals surface area contributed by atoms with Crippen LogP contribution in [0.2, 0.25) is 10.0 Å². The molecule has 3 aliphatic rings. The molecule has 0 aromatic heterocycles. The molecule has 0 N–H and O–H groups in total. The fourth-order valence-corrected chi connectivity index (χ4v) is 5.46. The molecule has 5 rings (SSSR count). The summed E-state index contributed by atoms with van der Waals surface area (Å²) in [5.41, 5.74) is 2.27. The van der Waals surface area contributed by atoms with E-state index in [1.165, 1.54) is 6.92 Å². The van der Waals surface area contributed by atoms with Crippen molar-refractivity contribution in [2.75, 3.05) is 4.90 Å². The molecule has 2 amide bonds. The van der Waals surface area contributed by atoms with Crippen LogP contribution in [0.1, 0.15) is 24.1 Å². The number of nitrogens with zero attached hydrogens (tertiary/aromatic N) is 2. The van der Waals surface area contributed by atoms with Crippen molar-refractivity contribution >= 4 is 52.6 Å². The number of imide groups is 1. The topological polar surface area (TPSA) is 57.7 Å². The highest BCUT2D eigenvalue weighted by Gasteiger charge is 2.63. The average Bonchev–Trinajstić information content (AvgIpc) is 3.14. The lowest BCUT2D eigenvalue weighted by molar-refractivity contribution is -0.129. The Morgan fingerprint density at radius 1 is 0.966 bits per heavy atom. The Bertz CT molecular complexity index is 1090. The molecule has 2 saturated heterocycles. The lowest BCUT2D eigenvalue weighted by Crippen LogP contribution is -2.43. The Kier molecular flexibility index (Phi) is 4.09. The first-order valence-electron chi connectivity index (χ1n) is 9.27. The second kappa shape index (κ2) is 6.44. The summed E-state index contributed by atoms with van der Waals surface area (Å²) >= 11 is 12.2. The number of ketones is 1. The first kappa shape index (κ1) is 18.4. The molecule has 2 aromatic carbocycles. The van der Waals surface area contributed by atoms with E-state index in [0.29, 0.717) is 15.7 Å². The van der Waals surface area contributed by atoms with Crippen LogP contribution < -0.4 is 4.90 Å². The van der Waals surface area contributed by atoms with E-state index in [0.717, 1.165) is 16.0 Å². The molecular formula is C22H16Cl2N2O3. The molecule has 0 saturated carbocycles. The quantitative estimate of drug-likeness (QED) is 0.678. The molecule has 0 spiro atoms. The van der Waals surface area contributed by atoms with Gasteiger partial charge in [0.05, 0.1) is 29.6 Å². The molecule has 0 bridgehead atoms. The summed E-state index contributed by atoms with van der Waals surface area (Å²) in [6.45, 7) is 1.47. The molecule has 2 fully saturated rings. The third kappa shape index (κ3) is 2.57. The van der Waals surface area contributed by atoms with Gasteiger partial charge < -0.3 is 4.90 Å². The van der Waals surface area contributed by atoms with Crippen LogP contribution in [-0.2, 0) is 14.4 Å². The van der Waals surface area contributed by atoms with E-state index in [-0.39, 0.29) is 23.6 Å². The lowest BCUT2D eigenvalue weighted by atomic mass is 9.84. The maximum atomic E-state index is 13.5. The molecule has 2 aromatic rings. The Morgan fingerprint density at radius 2 is 1.62 bits per heavy atom. The van der Waals surface area contributed by atoms with Gasteiger partial charge in [-0.15, -0.1) is 0 Å². The average molecular weight is 427 g/mol. The molecule has 146 valence electrons. The van der Waals surface area contributed by atoms with E-state index in [9.17, 15) is 14.4 Å². The fourth-order valence-electron chi connectivity index (χ4n) is 4.94. The summed E-state index contributed by atoms with van der Waals surface area (Å²) in [5, 5.41) is 0.668. The van der Waals surface area contributed by atoms with E-state index in [2.05, 4.69) is 0 Å². The molecule has 0 radical (unpaired) electrons. The second-order valence-electron chi connectivity index (χ2n) is 7.58. The molecule has 3 aliphatic heterocycles. The van der Waals surface area contributed by atoms with Crippen LogP contribution in [0, 0.1) is 11.8 Å². The number of hydrogen-bond donors (Lipinski definition) is 0. The standard InChI is InChI=1S/C22H16Cl2N2O3/c1-11(27)19-17-18(20-16-5-3-2-4-12(16)6-7-25(19)20)22(29)26(21(17)28)15-9-13(23)8-14(24)10-15/h2-10,17-20H,1H3/t17-,18+,19-,20-/m1/s1. The number of amides is 2. The number of hydrogen-bond acceptors (Lipinski definition) is 4. The molecule has 0 aliphatic carbocycles. The number of rotatable bonds is 2. The highest BCUT2D eigenvalue weighted by Crippen LogP contribution is 2.53. The zero-order chi connectivity index (χ0) is 20.4. The molecule has 5 nitrogen and oxygen atoms in total. The first-order valence-corrected chi connectivity index (χ1v) is 10.0. The number of carbonyl (C=O) groups excluding carboxylic acids is 3. The summed E-state index contributed by atoms with van der Waals surface area (Å²) in [6, 6.07) is 11.3. The minimum atomic E-state index is -0.751. The number of anilines is 1. The Morgan fingerprint density at radius 3 is 2.31 bits per heavy atom. The van der Waals surface area contributed by atoms with Gasteiger partial charge in [-0.1, -0.05) is 47.5 Å². The van der Waals surface area contributed by atoms with Crippen molar-refractivity contribution < 1.29 is 14.4 Å². The van der Waals surface area contributed by atoms with Crippen molar-refractivity contribution in [3.8, 4) is 0 Å². The molecule has 3 heterocycles. The zero-order valence-electron chi connectivity index (χ0n) is 15.4. The number of Topliss-reactive ketones (excluding diaryl/α,β-unsaturated/α-hetero) is 1. The summed E-state index contributed by atoms with van der Waals surface area (Å²) in [7, 11) is 0. The minimum absolute atomic E-state index is 0.140. The van der Waals surface area contributed by atoms with Crippen molar-refractivity contribution in [2.24, 2.45) is 11.8 Å². The van der Waals surface area contributed by atoms with Gasteiger partial charge in [0.2, 0.25) is 11.8 Å². The SMILES string of the molecule is CC(=O)[C@@H]1[C@@H]2C(=O)N(c3cc(Cl)cc(Cl)c3)C(=O)[C@@H]2[C@H]2c3ccccc3C=CN12. The maximum Gasteiger partial charge on any atom is 0.240 e. The molecule has 0 unspecified atom stereocenters. The smallest absolute Gasteiger partial charge is 0.240 e. The summed E-state index contributed by atoms with van der Waals surface area (Å²) < 4.78 is 0. The van der Waals surface area contributed by atoms with Crippen LogP contribution in [0.5, 0.6) is 0 Å². The summed E-state index contributed by atoms with van der Waals surface area (Å²) in [5.74, 6) is -2.27. The van der Waals surface area contributed by atoms with Gasteiger partial charge in [0.15, 0.2) is 5.78 Å². The van der Waals surface area contributed by atoms with Crippen molar-refractivity contribution in [3.05, 3.63) is 69.8 Å². The molecular weight excluding hydrogens is 411 g/mol. The number of carbonyl (C=O) groups is 3. The largest absolute Gasteiger partial charge is 0.359 e. The van der Waals surface area contributed by atoms with Gasteiger partial charge in [-0.2, -0.15) is 0 Å². The Hall–Kier alpha value is -2.63. The van der Waals surface area contributed by atoms with Gasteiger partial charge in [0, 0.05) is 16.2 Å². The Labute approximate surface area is 177 Å². The fraction of sp³-hybridized carbons (Fsp3) is 0.227. The van der Waals surface area contributed by atoms with Crippen LogP contribution in [0.15, 0.2) is 48.7 Å².